The summed E-state index contributed by atoms with van der Waals surface area (Å²) in [4.78, 5) is 0. The Bertz CT molecular complexity index is 63.9. The van der Waals surface area contributed by atoms with Crippen LogP contribution in [-0.4, -0.2) is 33.1 Å². The monoisotopic (exact) mass is 191 g/mol. The molecule has 0 unspecified atom stereocenters. The van der Waals surface area contributed by atoms with Gasteiger partial charge in [-0.1, -0.05) is 0 Å². The molecule has 0 spiro atoms. The maximum atomic E-state index is 2.53. The first-order valence-corrected chi connectivity index (χ1v) is 7.27. The Labute approximate surface area is 65.5 Å². The SMILES string of the molecule is CC[N](C)[GeH2][CH2]C(C)C. The zero-order valence-electron chi connectivity index (χ0n) is 7.15. The molecule has 0 atom stereocenters. The van der Waals surface area contributed by atoms with Gasteiger partial charge in [0.05, 0.1) is 0 Å². The molecule has 0 N–H and O–H groups in total. The van der Waals surface area contributed by atoms with Crippen LogP contribution in [0.5, 0.6) is 0 Å². The Balaban J connectivity index is 3.06. The molecular weight excluding hydrogens is 171 g/mol. The first-order chi connectivity index (χ1) is 4.16. The maximum absolute atomic E-state index is 2.53. The van der Waals surface area contributed by atoms with Crippen LogP contribution in [-0.2, 0) is 0 Å². The average Bonchev–Trinajstić information content (AvgIpc) is 1.83. The fourth-order valence-electron chi connectivity index (χ4n) is 0.637. The molecule has 0 aliphatic carbocycles. The van der Waals surface area contributed by atoms with Crippen LogP contribution in [0.15, 0.2) is 0 Å². The van der Waals surface area contributed by atoms with Crippen LogP contribution in [0.3, 0.4) is 0 Å². The minimum atomic E-state index is -0.271. The van der Waals surface area contributed by atoms with E-state index < -0.39 is 0 Å². The predicted molar refractivity (Wildman–Crippen MR) is 46.5 cm³/mol. The molecule has 0 rings (SSSR count). The number of hydrogen-bond donors (Lipinski definition) is 0. The Kier molecular flexibility index (Phi) is 5.60. The Morgan fingerprint density at radius 3 is 2.33 bits per heavy atom. The molecule has 0 aliphatic heterocycles. The summed E-state index contributed by atoms with van der Waals surface area (Å²) in [6.45, 7) is 8.13. The van der Waals surface area contributed by atoms with Crippen molar-refractivity contribution in [2.75, 3.05) is 13.6 Å². The molecule has 0 heterocycles. The van der Waals surface area contributed by atoms with Gasteiger partial charge in [-0.15, -0.1) is 0 Å². The van der Waals surface area contributed by atoms with Gasteiger partial charge in [0.25, 0.3) is 0 Å². The van der Waals surface area contributed by atoms with Crippen LogP contribution < -0.4 is 0 Å². The van der Waals surface area contributed by atoms with Crippen molar-refractivity contribution in [1.82, 2.24) is 3.86 Å². The molecule has 56 valence electrons. The molecule has 9 heavy (non-hydrogen) atoms. The van der Waals surface area contributed by atoms with Gasteiger partial charge < -0.3 is 0 Å². The van der Waals surface area contributed by atoms with Crippen LogP contribution in [0.4, 0.5) is 0 Å². The van der Waals surface area contributed by atoms with Gasteiger partial charge in [-0.2, -0.15) is 0 Å². The molecule has 0 aromatic rings. The van der Waals surface area contributed by atoms with Crippen molar-refractivity contribution in [1.29, 1.82) is 0 Å². The molecule has 1 nitrogen and oxygen atoms in total. The van der Waals surface area contributed by atoms with Crippen LogP contribution in [0.1, 0.15) is 20.8 Å². The van der Waals surface area contributed by atoms with Gasteiger partial charge in [-0.05, 0) is 0 Å². The minimum absolute atomic E-state index is 0.271. The van der Waals surface area contributed by atoms with Crippen LogP contribution in [0, 0.1) is 5.92 Å². The summed E-state index contributed by atoms with van der Waals surface area (Å²) in [5, 5.41) is 1.51. The van der Waals surface area contributed by atoms with Crippen molar-refractivity contribution in [2.45, 2.75) is 26.0 Å². The van der Waals surface area contributed by atoms with Gasteiger partial charge in [0.1, 0.15) is 0 Å². The third kappa shape index (κ3) is 6.39. The Morgan fingerprint density at radius 1 is 1.44 bits per heavy atom. The standard InChI is InChI=1S/C7H19GeN/c1-5-9(4)8-6-7(2)3/h7H,5-6,8H2,1-4H3. The summed E-state index contributed by atoms with van der Waals surface area (Å²) < 4.78 is 2.53. The van der Waals surface area contributed by atoms with Crippen molar-refractivity contribution in [3.63, 3.8) is 0 Å². The van der Waals surface area contributed by atoms with Gasteiger partial charge in [0.15, 0.2) is 0 Å². The second-order valence-electron chi connectivity index (χ2n) is 3.08. The van der Waals surface area contributed by atoms with Gasteiger partial charge in [0.2, 0.25) is 0 Å². The molecule has 0 aromatic carbocycles. The average molecular weight is 190 g/mol. The third-order valence-electron chi connectivity index (χ3n) is 1.63. The zero-order chi connectivity index (χ0) is 7.28. The fourth-order valence-corrected chi connectivity index (χ4v) is 3.31. The van der Waals surface area contributed by atoms with E-state index in [4.69, 9.17) is 0 Å². The van der Waals surface area contributed by atoms with Crippen molar-refractivity contribution < 1.29 is 0 Å². The van der Waals surface area contributed by atoms with E-state index in [0.29, 0.717) is 0 Å². The van der Waals surface area contributed by atoms with E-state index in [1.54, 1.807) is 0 Å². The van der Waals surface area contributed by atoms with E-state index in [1.165, 1.54) is 11.8 Å². The first kappa shape index (κ1) is 9.50. The number of rotatable bonds is 4. The van der Waals surface area contributed by atoms with E-state index in [-0.39, 0.29) is 15.7 Å². The van der Waals surface area contributed by atoms with Gasteiger partial charge >= 0.3 is 65.0 Å². The van der Waals surface area contributed by atoms with Crippen LogP contribution in [0.2, 0.25) is 5.25 Å². The molecule has 0 saturated carbocycles. The predicted octanol–water partition coefficient (Wildman–Crippen LogP) is 1.10. The van der Waals surface area contributed by atoms with Crippen molar-refractivity contribution in [2.24, 2.45) is 5.92 Å². The normalized spacial score (nSPS) is 12.7. The molecule has 0 aromatic heterocycles. The number of nitrogens with zero attached hydrogens (tertiary/aromatic N) is 1. The Hall–Kier alpha value is 0.503. The van der Waals surface area contributed by atoms with Crippen LogP contribution >= 0.6 is 0 Å². The first-order valence-electron chi connectivity index (χ1n) is 3.85. The van der Waals surface area contributed by atoms with Gasteiger partial charge in [-0.25, -0.2) is 0 Å². The molecule has 0 saturated heterocycles. The molecular formula is C7H19GeN. The van der Waals surface area contributed by atoms with E-state index in [9.17, 15) is 0 Å². The van der Waals surface area contributed by atoms with Crippen molar-refractivity contribution >= 4 is 15.7 Å². The number of hydrogen-bond acceptors (Lipinski definition) is 1. The summed E-state index contributed by atoms with van der Waals surface area (Å²) in [7, 11) is 2.25. The third-order valence-corrected chi connectivity index (χ3v) is 7.13. The van der Waals surface area contributed by atoms with E-state index in [1.807, 2.05) is 0 Å². The fraction of sp³-hybridized carbons (Fsp3) is 1.00. The second kappa shape index (κ2) is 5.30. The van der Waals surface area contributed by atoms with E-state index >= 15 is 0 Å². The zero-order valence-corrected chi connectivity index (χ0v) is 10.1. The summed E-state index contributed by atoms with van der Waals surface area (Å²) in [5.41, 5.74) is 0. The summed E-state index contributed by atoms with van der Waals surface area (Å²) in [6.07, 6.45) is 0. The van der Waals surface area contributed by atoms with Crippen molar-refractivity contribution in [3.05, 3.63) is 0 Å². The topological polar surface area (TPSA) is 3.24 Å². The molecule has 0 radical (unpaired) electrons. The van der Waals surface area contributed by atoms with E-state index in [0.717, 1.165) is 5.92 Å². The Morgan fingerprint density at radius 2 is 2.00 bits per heavy atom. The molecule has 2 heteroatoms. The quantitative estimate of drug-likeness (QED) is 0.599. The molecule has 0 bridgehead atoms. The summed E-state index contributed by atoms with van der Waals surface area (Å²) >= 11 is -0.271. The van der Waals surface area contributed by atoms with Crippen molar-refractivity contribution in [3.8, 4) is 0 Å². The van der Waals surface area contributed by atoms with Gasteiger partial charge in [0, 0.05) is 0 Å². The molecule has 0 aliphatic rings. The summed E-state index contributed by atoms with van der Waals surface area (Å²) in [6, 6.07) is 0. The van der Waals surface area contributed by atoms with Gasteiger partial charge in [-0.3, -0.25) is 0 Å². The van der Waals surface area contributed by atoms with E-state index in [2.05, 4.69) is 31.7 Å². The summed E-state index contributed by atoms with van der Waals surface area (Å²) in [5.74, 6) is 0.930. The van der Waals surface area contributed by atoms with Crippen LogP contribution in [0.25, 0.3) is 0 Å². The molecule has 0 amide bonds. The second-order valence-corrected chi connectivity index (χ2v) is 7.49. The molecule has 0 fully saturated rings.